The van der Waals surface area contributed by atoms with Crippen LogP contribution in [0.5, 0.6) is 0 Å². The number of thioether (sulfide) groups is 1. The number of rotatable bonds is 3. The molecule has 0 spiro atoms. The number of oxazole rings is 1. The predicted octanol–water partition coefficient (Wildman–Crippen LogP) is 5.90. The fourth-order valence-corrected chi connectivity index (χ4v) is 2.97. The maximum atomic E-state index is 6.08. The molecule has 2 nitrogen and oxygen atoms in total. The van der Waals surface area contributed by atoms with E-state index in [1.54, 1.807) is 11.8 Å². The first-order valence-corrected chi connectivity index (χ1v) is 8.15. The Kier molecular flexibility index (Phi) is 4.08. The average molecular weight is 309 g/mol. The van der Waals surface area contributed by atoms with Crippen molar-refractivity contribution >= 4 is 11.8 Å². The second-order valence-corrected chi connectivity index (χ2v) is 7.88. The molecule has 112 valence electrons. The van der Waals surface area contributed by atoms with Gasteiger partial charge in [0.1, 0.15) is 5.69 Å². The number of aromatic nitrogens is 1. The number of benzene rings is 2. The molecule has 0 atom stereocenters. The van der Waals surface area contributed by atoms with Crippen LogP contribution in [0.1, 0.15) is 20.8 Å². The first kappa shape index (κ1) is 14.9. The summed E-state index contributed by atoms with van der Waals surface area (Å²) in [7, 11) is 0. The van der Waals surface area contributed by atoms with Crippen LogP contribution in [0.2, 0.25) is 0 Å². The van der Waals surface area contributed by atoms with Gasteiger partial charge >= 0.3 is 0 Å². The van der Waals surface area contributed by atoms with Crippen LogP contribution in [0.3, 0.4) is 0 Å². The molecule has 0 saturated carbocycles. The average Bonchev–Trinajstić information content (AvgIpc) is 2.91. The van der Waals surface area contributed by atoms with Gasteiger partial charge in [-0.25, -0.2) is 4.98 Å². The van der Waals surface area contributed by atoms with Crippen LogP contribution in [-0.4, -0.2) is 9.73 Å². The van der Waals surface area contributed by atoms with Gasteiger partial charge in [-0.05, 0) is 0 Å². The summed E-state index contributed by atoms with van der Waals surface area (Å²) >= 11 is 1.65. The SMILES string of the molecule is CC(C)(C)Sc1nc(-c2ccccc2)c(-c2ccccc2)o1. The highest BCUT2D eigenvalue weighted by Gasteiger charge is 2.21. The van der Waals surface area contributed by atoms with Gasteiger partial charge in [-0.3, -0.25) is 0 Å². The van der Waals surface area contributed by atoms with Crippen molar-refractivity contribution in [1.29, 1.82) is 0 Å². The molecule has 22 heavy (non-hydrogen) atoms. The number of nitrogens with zero attached hydrogens (tertiary/aromatic N) is 1. The normalized spacial score (nSPS) is 11.6. The molecule has 0 bridgehead atoms. The molecular weight excluding hydrogens is 290 g/mol. The third-order valence-electron chi connectivity index (χ3n) is 3.08. The zero-order valence-electron chi connectivity index (χ0n) is 13.0. The number of hydrogen-bond donors (Lipinski definition) is 0. The quantitative estimate of drug-likeness (QED) is 0.563. The molecule has 1 aromatic heterocycles. The molecule has 0 N–H and O–H groups in total. The zero-order chi connectivity index (χ0) is 15.6. The summed E-state index contributed by atoms with van der Waals surface area (Å²) in [5, 5.41) is 0.713. The van der Waals surface area contributed by atoms with E-state index < -0.39 is 0 Å². The van der Waals surface area contributed by atoms with E-state index >= 15 is 0 Å². The molecule has 0 aliphatic carbocycles. The van der Waals surface area contributed by atoms with Crippen molar-refractivity contribution in [2.24, 2.45) is 0 Å². The van der Waals surface area contributed by atoms with Gasteiger partial charge in [-0.15, -0.1) is 0 Å². The van der Waals surface area contributed by atoms with Crippen molar-refractivity contribution in [2.45, 2.75) is 30.7 Å². The van der Waals surface area contributed by atoms with Gasteiger partial charge in [-0.2, -0.15) is 0 Å². The summed E-state index contributed by atoms with van der Waals surface area (Å²) in [6.45, 7) is 6.48. The second kappa shape index (κ2) is 6.01. The summed E-state index contributed by atoms with van der Waals surface area (Å²) in [5.74, 6) is 0.832. The summed E-state index contributed by atoms with van der Waals surface area (Å²) in [6.07, 6.45) is 0. The van der Waals surface area contributed by atoms with Gasteiger partial charge in [0.05, 0.1) is 0 Å². The lowest BCUT2D eigenvalue weighted by Crippen LogP contribution is -2.06. The fraction of sp³-hybridized carbons (Fsp3) is 0.211. The zero-order valence-corrected chi connectivity index (χ0v) is 13.9. The van der Waals surface area contributed by atoms with Crippen molar-refractivity contribution in [3.63, 3.8) is 0 Å². The molecule has 0 fully saturated rings. The van der Waals surface area contributed by atoms with Crippen LogP contribution in [0.25, 0.3) is 22.6 Å². The lowest BCUT2D eigenvalue weighted by Gasteiger charge is -2.13. The monoisotopic (exact) mass is 309 g/mol. The molecule has 3 heteroatoms. The minimum Gasteiger partial charge on any atom is -0.431 e. The maximum Gasteiger partial charge on any atom is 0.257 e. The van der Waals surface area contributed by atoms with Crippen LogP contribution in [0.15, 0.2) is 70.3 Å². The Bertz CT molecular complexity index is 685. The largest absolute Gasteiger partial charge is 0.431 e. The summed E-state index contributed by atoms with van der Waals surface area (Å²) in [4.78, 5) is 4.74. The lowest BCUT2D eigenvalue weighted by atomic mass is 10.1. The van der Waals surface area contributed by atoms with E-state index in [4.69, 9.17) is 9.40 Å². The van der Waals surface area contributed by atoms with Crippen LogP contribution >= 0.6 is 11.8 Å². The smallest absolute Gasteiger partial charge is 0.257 e. The molecule has 0 aliphatic heterocycles. The minimum atomic E-state index is 0.0623. The van der Waals surface area contributed by atoms with E-state index in [1.807, 2.05) is 36.4 Å². The van der Waals surface area contributed by atoms with E-state index in [0.29, 0.717) is 5.22 Å². The van der Waals surface area contributed by atoms with Gasteiger partial charge in [0, 0.05) is 15.9 Å². The Morgan fingerprint density at radius 2 is 1.36 bits per heavy atom. The highest BCUT2D eigenvalue weighted by molar-refractivity contribution is 8.00. The lowest BCUT2D eigenvalue weighted by molar-refractivity contribution is 0.463. The maximum absolute atomic E-state index is 6.08. The Labute approximate surface area is 135 Å². The van der Waals surface area contributed by atoms with Crippen LogP contribution < -0.4 is 0 Å². The van der Waals surface area contributed by atoms with E-state index in [1.165, 1.54) is 0 Å². The molecule has 3 rings (SSSR count). The van der Waals surface area contributed by atoms with Crippen molar-refractivity contribution in [1.82, 2.24) is 4.98 Å². The highest BCUT2D eigenvalue weighted by atomic mass is 32.2. The van der Waals surface area contributed by atoms with Gasteiger partial charge in [0.15, 0.2) is 5.76 Å². The second-order valence-electron chi connectivity index (χ2n) is 6.10. The van der Waals surface area contributed by atoms with E-state index in [0.717, 1.165) is 22.6 Å². The van der Waals surface area contributed by atoms with Gasteiger partial charge in [0.25, 0.3) is 5.22 Å². The molecule has 0 unspecified atom stereocenters. The van der Waals surface area contributed by atoms with Crippen molar-refractivity contribution in [2.75, 3.05) is 0 Å². The Morgan fingerprint density at radius 3 is 1.91 bits per heavy atom. The molecule has 1 heterocycles. The van der Waals surface area contributed by atoms with Crippen LogP contribution in [0, 0.1) is 0 Å². The van der Waals surface area contributed by atoms with E-state index in [-0.39, 0.29) is 4.75 Å². The minimum absolute atomic E-state index is 0.0623. The van der Waals surface area contributed by atoms with E-state index in [2.05, 4.69) is 45.0 Å². The highest BCUT2D eigenvalue weighted by Crippen LogP contribution is 2.39. The molecule has 0 radical (unpaired) electrons. The number of hydrogen-bond acceptors (Lipinski definition) is 3. The summed E-state index contributed by atoms with van der Waals surface area (Å²) in [6, 6.07) is 20.3. The standard InChI is InChI=1S/C19H19NOS/c1-19(2,3)22-18-20-16(14-10-6-4-7-11-14)17(21-18)15-12-8-5-9-13-15/h4-13H,1-3H3. The van der Waals surface area contributed by atoms with Crippen molar-refractivity contribution < 1.29 is 4.42 Å². The Balaban J connectivity index is 2.11. The summed E-state index contributed by atoms with van der Waals surface area (Å²) < 4.78 is 6.15. The van der Waals surface area contributed by atoms with Crippen molar-refractivity contribution in [3.8, 4) is 22.6 Å². The van der Waals surface area contributed by atoms with Gasteiger partial charge in [-0.1, -0.05) is 93.2 Å². The third kappa shape index (κ3) is 3.42. The van der Waals surface area contributed by atoms with Crippen LogP contribution in [-0.2, 0) is 0 Å². The van der Waals surface area contributed by atoms with E-state index in [9.17, 15) is 0 Å². The molecule has 2 aromatic carbocycles. The van der Waals surface area contributed by atoms with Gasteiger partial charge < -0.3 is 4.42 Å². The first-order valence-electron chi connectivity index (χ1n) is 7.34. The fourth-order valence-electron chi connectivity index (χ4n) is 2.18. The first-order chi connectivity index (χ1) is 10.5. The van der Waals surface area contributed by atoms with Crippen molar-refractivity contribution in [3.05, 3.63) is 60.7 Å². The molecule has 0 saturated heterocycles. The predicted molar refractivity (Wildman–Crippen MR) is 93.0 cm³/mol. The summed E-state index contributed by atoms with van der Waals surface area (Å²) in [5.41, 5.74) is 3.03. The van der Waals surface area contributed by atoms with Crippen LogP contribution in [0.4, 0.5) is 0 Å². The third-order valence-corrected chi connectivity index (χ3v) is 4.05. The molecular formula is C19H19NOS. The molecule has 0 aliphatic rings. The topological polar surface area (TPSA) is 26.0 Å². The van der Waals surface area contributed by atoms with Gasteiger partial charge in [0.2, 0.25) is 0 Å². The Hall–Kier alpha value is -2.00. The molecule has 3 aromatic rings. The molecule has 0 amide bonds. The Morgan fingerprint density at radius 1 is 0.818 bits per heavy atom.